The van der Waals surface area contributed by atoms with Gasteiger partial charge in [0.1, 0.15) is 6.33 Å². The minimum atomic E-state index is 0.0137. The van der Waals surface area contributed by atoms with Crippen molar-refractivity contribution in [3.63, 3.8) is 0 Å². The summed E-state index contributed by atoms with van der Waals surface area (Å²) >= 11 is 0.0137. The van der Waals surface area contributed by atoms with E-state index in [4.69, 9.17) is 5.73 Å². The van der Waals surface area contributed by atoms with Crippen molar-refractivity contribution in [1.29, 1.82) is 0 Å². The van der Waals surface area contributed by atoms with Crippen molar-refractivity contribution < 1.29 is 3.89 Å². The highest BCUT2D eigenvalue weighted by atomic mass is 32.2. The van der Waals surface area contributed by atoms with E-state index in [0.717, 1.165) is 20.9 Å². The van der Waals surface area contributed by atoms with Gasteiger partial charge in [-0.05, 0) is 5.56 Å². The molecule has 3 aromatic rings. The lowest BCUT2D eigenvalue weighted by atomic mass is 10.1. The number of benzene rings is 1. The number of aromatic nitrogens is 4. The largest absolute Gasteiger partial charge is 0.326 e. The molecule has 0 bridgehead atoms. The van der Waals surface area contributed by atoms with E-state index in [1.165, 1.54) is 6.33 Å². The van der Waals surface area contributed by atoms with Gasteiger partial charge in [-0.3, -0.25) is 0 Å². The fourth-order valence-corrected chi connectivity index (χ4v) is 2.20. The molecule has 0 aliphatic heterocycles. The zero-order valence-electron chi connectivity index (χ0n) is 9.82. The first-order chi connectivity index (χ1) is 9.33. The van der Waals surface area contributed by atoms with E-state index in [1.807, 2.05) is 24.3 Å². The minimum absolute atomic E-state index is 0.0137. The fraction of sp³-hybridized carbons (Fsp3) is 0.0833. The van der Waals surface area contributed by atoms with Crippen LogP contribution in [0.5, 0.6) is 0 Å². The van der Waals surface area contributed by atoms with Gasteiger partial charge in [-0.25, -0.2) is 9.97 Å². The molecular weight excluding hydrogens is 265 g/mol. The third-order valence-corrected chi connectivity index (χ3v) is 3.26. The molecule has 19 heavy (non-hydrogen) atoms. The summed E-state index contributed by atoms with van der Waals surface area (Å²) in [5.41, 5.74) is 8.73. The van der Waals surface area contributed by atoms with E-state index in [9.17, 15) is 3.89 Å². The highest BCUT2D eigenvalue weighted by Crippen LogP contribution is 2.26. The Balaban J connectivity index is 2.16. The van der Waals surface area contributed by atoms with E-state index in [0.29, 0.717) is 17.6 Å². The van der Waals surface area contributed by atoms with E-state index >= 15 is 0 Å². The Kier molecular flexibility index (Phi) is 3.14. The second-order valence-corrected chi connectivity index (χ2v) is 4.43. The molecule has 2 heterocycles. The second kappa shape index (κ2) is 4.94. The molecule has 0 fully saturated rings. The number of nitrogens with zero attached hydrogens (tertiary/aromatic N) is 4. The Morgan fingerprint density at radius 1 is 1.21 bits per heavy atom. The summed E-state index contributed by atoms with van der Waals surface area (Å²) in [4.78, 5) is 8.29. The Morgan fingerprint density at radius 3 is 2.68 bits per heavy atom. The van der Waals surface area contributed by atoms with Crippen LogP contribution in [0.25, 0.3) is 22.3 Å². The van der Waals surface area contributed by atoms with Crippen molar-refractivity contribution in [2.75, 3.05) is 0 Å². The van der Waals surface area contributed by atoms with Crippen LogP contribution in [0.15, 0.2) is 36.8 Å². The van der Waals surface area contributed by atoms with Crippen LogP contribution in [0.2, 0.25) is 0 Å². The standard InChI is InChI=1S/C12H10FN5S/c13-19-18-12-10(6-17-18)11(15-7-16-12)9-3-1-8(5-14)2-4-9/h1-4,6-7H,5,14H2. The lowest BCUT2D eigenvalue weighted by molar-refractivity contribution is 0.883. The molecule has 0 saturated heterocycles. The van der Waals surface area contributed by atoms with Crippen LogP contribution in [0, 0.1) is 0 Å². The number of hydrogen-bond donors (Lipinski definition) is 1. The molecule has 0 spiro atoms. The summed E-state index contributed by atoms with van der Waals surface area (Å²) in [6.45, 7) is 0.496. The van der Waals surface area contributed by atoms with Crippen LogP contribution in [-0.4, -0.2) is 19.2 Å². The Labute approximate surface area is 113 Å². The maximum absolute atomic E-state index is 12.7. The summed E-state index contributed by atoms with van der Waals surface area (Å²) in [5, 5.41) is 4.63. The fourth-order valence-electron chi connectivity index (χ4n) is 1.90. The predicted octanol–water partition coefficient (Wildman–Crippen LogP) is 2.33. The number of rotatable bonds is 3. The number of fused-ring (bicyclic) bond motifs is 1. The SMILES string of the molecule is NCc1ccc(-c2ncnc3c2cnn3SF)cc1. The van der Waals surface area contributed by atoms with Gasteiger partial charge in [-0.15, -0.1) is 3.89 Å². The lowest BCUT2D eigenvalue weighted by Crippen LogP contribution is -1.96. The molecule has 0 saturated carbocycles. The van der Waals surface area contributed by atoms with E-state index < -0.39 is 0 Å². The highest BCUT2D eigenvalue weighted by molar-refractivity contribution is 7.92. The topological polar surface area (TPSA) is 69.6 Å². The Hall–Kier alpha value is -1.99. The smallest absolute Gasteiger partial charge is 0.189 e. The first kappa shape index (κ1) is 12.1. The maximum Gasteiger partial charge on any atom is 0.189 e. The van der Waals surface area contributed by atoms with Gasteiger partial charge in [0.15, 0.2) is 18.0 Å². The number of hydrogen-bond acceptors (Lipinski definition) is 5. The van der Waals surface area contributed by atoms with Gasteiger partial charge in [0.2, 0.25) is 0 Å². The van der Waals surface area contributed by atoms with Crippen LogP contribution in [0.3, 0.4) is 0 Å². The van der Waals surface area contributed by atoms with Gasteiger partial charge in [0.05, 0.1) is 17.3 Å². The molecule has 2 N–H and O–H groups in total. The highest BCUT2D eigenvalue weighted by Gasteiger charge is 2.11. The summed E-state index contributed by atoms with van der Waals surface area (Å²) in [5.74, 6) is 0. The van der Waals surface area contributed by atoms with Crippen molar-refractivity contribution in [2.45, 2.75) is 6.54 Å². The van der Waals surface area contributed by atoms with E-state index in [1.54, 1.807) is 6.20 Å². The molecule has 0 amide bonds. The van der Waals surface area contributed by atoms with Crippen molar-refractivity contribution in [1.82, 2.24) is 19.2 Å². The van der Waals surface area contributed by atoms with E-state index in [2.05, 4.69) is 15.1 Å². The van der Waals surface area contributed by atoms with Crippen molar-refractivity contribution >= 4 is 23.4 Å². The van der Waals surface area contributed by atoms with Crippen molar-refractivity contribution in [3.05, 3.63) is 42.4 Å². The molecule has 0 aliphatic rings. The molecule has 5 nitrogen and oxygen atoms in total. The molecule has 7 heteroatoms. The van der Waals surface area contributed by atoms with Crippen LogP contribution < -0.4 is 5.73 Å². The average Bonchev–Trinajstić information content (AvgIpc) is 2.90. The molecule has 0 unspecified atom stereocenters. The van der Waals surface area contributed by atoms with E-state index in [-0.39, 0.29) is 12.3 Å². The van der Waals surface area contributed by atoms with Gasteiger partial charge in [-0.2, -0.15) is 9.19 Å². The van der Waals surface area contributed by atoms with Gasteiger partial charge >= 0.3 is 0 Å². The quantitative estimate of drug-likeness (QED) is 0.794. The van der Waals surface area contributed by atoms with Gasteiger partial charge in [0, 0.05) is 12.1 Å². The first-order valence-electron chi connectivity index (χ1n) is 5.60. The average molecular weight is 275 g/mol. The third kappa shape index (κ3) is 2.06. The third-order valence-electron chi connectivity index (χ3n) is 2.86. The Bertz CT molecular complexity index is 710. The number of halogens is 1. The summed E-state index contributed by atoms with van der Waals surface area (Å²) in [6, 6.07) is 7.75. The van der Waals surface area contributed by atoms with Crippen LogP contribution in [0.1, 0.15) is 5.56 Å². The normalized spacial score (nSPS) is 11.1. The molecule has 0 atom stereocenters. The Morgan fingerprint density at radius 2 is 2.00 bits per heavy atom. The van der Waals surface area contributed by atoms with Crippen LogP contribution in [-0.2, 0) is 6.54 Å². The van der Waals surface area contributed by atoms with Gasteiger partial charge in [0.25, 0.3) is 0 Å². The zero-order chi connectivity index (χ0) is 13.2. The predicted molar refractivity (Wildman–Crippen MR) is 72.7 cm³/mol. The van der Waals surface area contributed by atoms with Crippen LogP contribution in [0.4, 0.5) is 3.89 Å². The number of nitrogens with two attached hydrogens (primary N) is 1. The molecule has 0 radical (unpaired) electrons. The molecule has 96 valence electrons. The zero-order valence-corrected chi connectivity index (χ0v) is 10.6. The summed E-state index contributed by atoms with van der Waals surface area (Å²) < 4.78 is 13.8. The monoisotopic (exact) mass is 275 g/mol. The van der Waals surface area contributed by atoms with Crippen molar-refractivity contribution in [2.24, 2.45) is 5.73 Å². The van der Waals surface area contributed by atoms with Gasteiger partial charge < -0.3 is 5.73 Å². The molecular formula is C12H10FN5S. The van der Waals surface area contributed by atoms with Crippen molar-refractivity contribution in [3.8, 4) is 11.3 Å². The maximum atomic E-state index is 12.7. The first-order valence-corrected chi connectivity index (χ1v) is 6.28. The summed E-state index contributed by atoms with van der Waals surface area (Å²) in [6.07, 6.45) is 2.97. The molecule has 1 aromatic carbocycles. The molecule has 0 aliphatic carbocycles. The minimum Gasteiger partial charge on any atom is -0.326 e. The van der Waals surface area contributed by atoms with Gasteiger partial charge in [-0.1, -0.05) is 24.3 Å². The van der Waals surface area contributed by atoms with Crippen LogP contribution >= 0.6 is 12.3 Å². The second-order valence-electron chi connectivity index (χ2n) is 3.95. The lowest BCUT2D eigenvalue weighted by Gasteiger charge is -2.03. The molecule has 2 aromatic heterocycles. The molecule has 3 rings (SSSR count). The summed E-state index contributed by atoms with van der Waals surface area (Å²) in [7, 11) is 0.